The number of fused-ring (bicyclic) bond motifs is 1. The van der Waals surface area contributed by atoms with E-state index in [-0.39, 0.29) is 25.0 Å². The zero-order valence-corrected chi connectivity index (χ0v) is 16.1. The zero-order valence-electron chi connectivity index (χ0n) is 16.1. The number of nitrogens with zero attached hydrogens (tertiary/aromatic N) is 5. The van der Waals surface area contributed by atoms with Crippen LogP contribution < -0.4 is 15.4 Å². The predicted molar refractivity (Wildman–Crippen MR) is 96.6 cm³/mol. The molecule has 0 radical (unpaired) electrons. The molecule has 2 aliphatic rings. The standard InChI is InChI=1S/C17H24F3N5O3/c1-11-10-28-7-6-23(11)13-8-14(26)24-5-4-12(17(18,19)20)25(16(24)21-13)9-15(27)22(2)3/h8,11-12H,4-7,9-10H2,1-3H3. The minimum absolute atomic E-state index is 0.0671. The highest BCUT2D eigenvalue weighted by molar-refractivity contribution is 5.80. The lowest BCUT2D eigenvalue weighted by molar-refractivity contribution is -0.153. The second-order valence-electron chi connectivity index (χ2n) is 7.28. The highest BCUT2D eigenvalue weighted by Gasteiger charge is 2.47. The summed E-state index contributed by atoms with van der Waals surface area (Å²) in [5, 5.41) is 0. The summed E-state index contributed by atoms with van der Waals surface area (Å²) in [7, 11) is 2.95. The fourth-order valence-corrected chi connectivity index (χ4v) is 3.48. The number of hydrogen-bond acceptors (Lipinski definition) is 6. The number of alkyl halides is 3. The first-order valence-electron chi connectivity index (χ1n) is 9.09. The predicted octanol–water partition coefficient (Wildman–Crippen LogP) is 0.698. The molecule has 8 nitrogen and oxygen atoms in total. The van der Waals surface area contributed by atoms with Crippen molar-refractivity contribution in [1.82, 2.24) is 14.5 Å². The average Bonchev–Trinajstić information content (AvgIpc) is 2.61. The molecular weight excluding hydrogens is 379 g/mol. The van der Waals surface area contributed by atoms with E-state index in [4.69, 9.17) is 4.74 Å². The smallest absolute Gasteiger partial charge is 0.377 e. The summed E-state index contributed by atoms with van der Waals surface area (Å²) in [4.78, 5) is 33.2. The van der Waals surface area contributed by atoms with Crippen LogP contribution in [0.1, 0.15) is 13.3 Å². The fourth-order valence-electron chi connectivity index (χ4n) is 3.48. The number of halogens is 3. The molecule has 0 N–H and O–H groups in total. The first-order valence-corrected chi connectivity index (χ1v) is 9.09. The van der Waals surface area contributed by atoms with Crippen molar-refractivity contribution in [3.63, 3.8) is 0 Å². The van der Waals surface area contributed by atoms with Gasteiger partial charge in [0.2, 0.25) is 11.9 Å². The van der Waals surface area contributed by atoms with Gasteiger partial charge in [-0.05, 0) is 13.3 Å². The number of ether oxygens (including phenoxy) is 1. The van der Waals surface area contributed by atoms with Gasteiger partial charge in [0, 0.05) is 33.3 Å². The molecule has 1 aromatic heterocycles. The number of carbonyl (C=O) groups is 1. The third kappa shape index (κ3) is 3.94. The van der Waals surface area contributed by atoms with Gasteiger partial charge >= 0.3 is 6.18 Å². The van der Waals surface area contributed by atoms with Crippen molar-refractivity contribution in [3.8, 4) is 0 Å². The van der Waals surface area contributed by atoms with Crippen LogP contribution in [0.3, 0.4) is 0 Å². The number of carbonyl (C=O) groups excluding carboxylic acids is 1. The van der Waals surface area contributed by atoms with Crippen molar-refractivity contribution in [1.29, 1.82) is 0 Å². The Hall–Kier alpha value is -2.30. The Kier molecular flexibility index (Phi) is 5.55. The van der Waals surface area contributed by atoms with Gasteiger partial charge in [0.05, 0.1) is 19.3 Å². The summed E-state index contributed by atoms with van der Waals surface area (Å²) < 4.78 is 47.5. The molecule has 1 saturated heterocycles. The average molecular weight is 403 g/mol. The summed E-state index contributed by atoms with van der Waals surface area (Å²) in [6.07, 6.45) is -4.86. The Labute approximate surface area is 160 Å². The van der Waals surface area contributed by atoms with Crippen LogP contribution in [-0.2, 0) is 16.1 Å². The van der Waals surface area contributed by atoms with Crippen molar-refractivity contribution in [2.75, 3.05) is 50.2 Å². The topological polar surface area (TPSA) is 70.9 Å². The van der Waals surface area contributed by atoms with Crippen LogP contribution in [0.15, 0.2) is 10.9 Å². The van der Waals surface area contributed by atoms with Gasteiger partial charge in [0.25, 0.3) is 5.56 Å². The maximum atomic E-state index is 13.6. The van der Waals surface area contributed by atoms with E-state index in [1.54, 1.807) is 0 Å². The van der Waals surface area contributed by atoms with Crippen molar-refractivity contribution >= 4 is 17.7 Å². The summed E-state index contributed by atoms with van der Waals surface area (Å²) in [5.74, 6) is -0.316. The Bertz CT molecular complexity index is 795. The molecule has 0 spiro atoms. The van der Waals surface area contributed by atoms with E-state index in [2.05, 4.69) is 4.98 Å². The molecule has 0 bridgehead atoms. The zero-order chi connectivity index (χ0) is 20.6. The Morgan fingerprint density at radius 1 is 1.36 bits per heavy atom. The number of morpholine rings is 1. The first-order chi connectivity index (χ1) is 13.1. The van der Waals surface area contributed by atoms with Crippen LogP contribution in [0.5, 0.6) is 0 Å². The summed E-state index contributed by atoms with van der Waals surface area (Å²) in [6.45, 7) is 2.65. The van der Waals surface area contributed by atoms with Crippen molar-refractivity contribution in [2.45, 2.75) is 38.1 Å². The summed E-state index contributed by atoms with van der Waals surface area (Å²) in [5.41, 5.74) is -0.429. The van der Waals surface area contributed by atoms with E-state index in [0.717, 1.165) is 4.90 Å². The third-order valence-electron chi connectivity index (χ3n) is 5.08. The molecule has 3 rings (SSSR count). The van der Waals surface area contributed by atoms with E-state index in [1.165, 1.54) is 29.6 Å². The number of rotatable bonds is 3. The highest BCUT2D eigenvalue weighted by Crippen LogP contribution is 2.34. The minimum Gasteiger partial charge on any atom is -0.377 e. The van der Waals surface area contributed by atoms with Crippen molar-refractivity contribution in [3.05, 3.63) is 16.4 Å². The van der Waals surface area contributed by atoms with Gasteiger partial charge in [-0.2, -0.15) is 18.2 Å². The van der Waals surface area contributed by atoms with Gasteiger partial charge in [-0.1, -0.05) is 0 Å². The molecule has 2 atom stereocenters. The van der Waals surface area contributed by atoms with Gasteiger partial charge < -0.3 is 19.4 Å². The number of anilines is 2. The maximum absolute atomic E-state index is 13.6. The van der Waals surface area contributed by atoms with Gasteiger partial charge in [-0.3, -0.25) is 14.2 Å². The molecule has 0 aromatic carbocycles. The lowest BCUT2D eigenvalue weighted by Gasteiger charge is -2.40. The second-order valence-corrected chi connectivity index (χ2v) is 7.28. The molecule has 0 aliphatic carbocycles. The van der Waals surface area contributed by atoms with Gasteiger partial charge in [-0.15, -0.1) is 0 Å². The Balaban J connectivity index is 2.06. The van der Waals surface area contributed by atoms with Crippen LogP contribution in [0.25, 0.3) is 0 Å². The molecule has 0 saturated carbocycles. The van der Waals surface area contributed by atoms with Gasteiger partial charge in [0.15, 0.2) is 0 Å². The van der Waals surface area contributed by atoms with E-state index in [0.29, 0.717) is 25.6 Å². The molecule has 3 heterocycles. The van der Waals surface area contributed by atoms with Crippen molar-refractivity contribution < 1.29 is 22.7 Å². The lowest BCUT2D eigenvalue weighted by Crippen LogP contribution is -2.55. The third-order valence-corrected chi connectivity index (χ3v) is 5.08. The Morgan fingerprint density at radius 2 is 2.07 bits per heavy atom. The number of aromatic nitrogens is 2. The maximum Gasteiger partial charge on any atom is 0.408 e. The minimum atomic E-state index is -4.54. The van der Waals surface area contributed by atoms with Crippen molar-refractivity contribution in [2.24, 2.45) is 0 Å². The first kappa shape index (κ1) is 20.4. The van der Waals surface area contributed by atoms with Gasteiger partial charge in [-0.25, -0.2) is 0 Å². The number of amides is 1. The molecule has 2 unspecified atom stereocenters. The molecule has 11 heteroatoms. The van der Waals surface area contributed by atoms with E-state index >= 15 is 0 Å². The lowest BCUT2D eigenvalue weighted by atomic mass is 10.1. The number of likely N-dealkylation sites (N-methyl/N-ethyl adjacent to an activating group) is 1. The summed E-state index contributed by atoms with van der Waals surface area (Å²) in [6, 6.07) is -0.603. The normalized spacial score (nSPS) is 22.8. The molecule has 2 aliphatic heterocycles. The van der Waals surface area contributed by atoms with E-state index in [1.807, 2.05) is 11.8 Å². The largest absolute Gasteiger partial charge is 0.408 e. The molecule has 1 aromatic rings. The highest BCUT2D eigenvalue weighted by atomic mass is 19.4. The quantitative estimate of drug-likeness (QED) is 0.740. The van der Waals surface area contributed by atoms with Gasteiger partial charge in [0.1, 0.15) is 18.4 Å². The van der Waals surface area contributed by atoms with E-state index in [9.17, 15) is 22.8 Å². The molecular formula is C17H24F3N5O3. The summed E-state index contributed by atoms with van der Waals surface area (Å²) >= 11 is 0. The Morgan fingerprint density at radius 3 is 2.68 bits per heavy atom. The van der Waals surface area contributed by atoms with Crippen LogP contribution >= 0.6 is 0 Å². The second kappa shape index (κ2) is 7.61. The SMILES string of the molecule is CC1COCCN1c1cc(=O)n2c(n1)N(CC(=O)N(C)C)C(C(F)(F)F)CC2. The monoisotopic (exact) mass is 403 g/mol. The van der Waals surface area contributed by atoms with Crippen LogP contribution in [-0.4, -0.2) is 79.0 Å². The van der Waals surface area contributed by atoms with Crippen LogP contribution in [0, 0.1) is 0 Å². The molecule has 156 valence electrons. The number of hydrogen-bond donors (Lipinski definition) is 0. The molecule has 28 heavy (non-hydrogen) atoms. The molecule has 1 amide bonds. The van der Waals surface area contributed by atoms with E-state index < -0.39 is 30.2 Å². The fraction of sp³-hybridized carbons (Fsp3) is 0.706. The molecule has 1 fully saturated rings. The van der Waals surface area contributed by atoms with Crippen LogP contribution in [0.2, 0.25) is 0 Å². The van der Waals surface area contributed by atoms with Crippen LogP contribution in [0.4, 0.5) is 24.9 Å².